The third-order valence-electron chi connectivity index (χ3n) is 3.53. The second kappa shape index (κ2) is 9.28. The minimum Gasteiger partial charge on any atom is -0.343 e. The minimum absolute atomic E-state index is 0.0520. The molecule has 0 N–H and O–H groups in total. The Bertz CT molecular complexity index is 689. The summed E-state index contributed by atoms with van der Waals surface area (Å²) in [4.78, 5) is 14.1. The van der Waals surface area contributed by atoms with Crippen LogP contribution in [0.2, 0.25) is 0 Å². The Labute approximate surface area is 144 Å². The van der Waals surface area contributed by atoms with Gasteiger partial charge in [-0.15, -0.1) is 0 Å². The fourth-order valence-electron chi connectivity index (χ4n) is 2.47. The van der Waals surface area contributed by atoms with Crippen molar-refractivity contribution in [3.05, 3.63) is 29.8 Å². The quantitative estimate of drug-likeness (QED) is 0.684. The molecule has 0 spiro atoms. The second-order valence-electron chi connectivity index (χ2n) is 5.63. The van der Waals surface area contributed by atoms with Gasteiger partial charge in [0.2, 0.25) is 15.9 Å². The molecule has 0 saturated carbocycles. The lowest BCUT2D eigenvalue weighted by Gasteiger charge is -2.25. The van der Waals surface area contributed by atoms with Gasteiger partial charge in [0.1, 0.15) is 0 Å². The average molecular weight is 351 g/mol. The molecule has 0 atom stereocenters. The predicted molar refractivity (Wildman–Crippen MR) is 95.1 cm³/mol. The van der Waals surface area contributed by atoms with E-state index in [0.29, 0.717) is 24.3 Å². The SMILES string of the molecule is CCCN(CCC)C(=O)CCN(c1cccc(C#N)c1)S(C)(=O)=O. The number of rotatable bonds is 9. The van der Waals surface area contributed by atoms with Gasteiger partial charge in [0.25, 0.3) is 0 Å². The summed E-state index contributed by atoms with van der Waals surface area (Å²) in [5.41, 5.74) is 0.785. The zero-order chi connectivity index (χ0) is 18.2. The van der Waals surface area contributed by atoms with Gasteiger partial charge in [-0.05, 0) is 31.0 Å². The van der Waals surface area contributed by atoms with Crippen LogP contribution in [-0.2, 0) is 14.8 Å². The highest BCUT2D eigenvalue weighted by Gasteiger charge is 2.20. The summed E-state index contributed by atoms with van der Waals surface area (Å²) in [5, 5.41) is 8.98. The fraction of sp³-hybridized carbons (Fsp3) is 0.529. The molecule has 0 aliphatic carbocycles. The van der Waals surface area contributed by atoms with Gasteiger partial charge in [-0.1, -0.05) is 19.9 Å². The smallest absolute Gasteiger partial charge is 0.232 e. The van der Waals surface area contributed by atoms with Crippen LogP contribution in [0.4, 0.5) is 5.69 Å². The number of nitriles is 1. The molecule has 1 amide bonds. The second-order valence-corrected chi connectivity index (χ2v) is 7.53. The Morgan fingerprint density at radius 3 is 2.29 bits per heavy atom. The first-order valence-electron chi connectivity index (χ1n) is 8.09. The van der Waals surface area contributed by atoms with Gasteiger partial charge < -0.3 is 4.90 Å². The molecule has 6 nitrogen and oxygen atoms in total. The number of amides is 1. The first-order valence-corrected chi connectivity index (χ1v) is 9.94. The van der Waals surface area contributed by atoms with Crippen LogP contribution in [0, 0.1) is 11.3 Å². The zero-order valence-corrected chi connectivity index (χ0v) is 15.3. The highest BCUT2D eigenvalue weighted by Crippen LogP contribution is 2.19. The van der Waals surface area contributed by atoms with Crippen molar-refractivity contribution in [3.8, 4) is 6.07 Å². The summed E-state index contributed by atoms with van der Waals surface area (Å²) in [6.07, 6.45) is 2.95. The van der Waals surface area contributed by atoms with Crippen molar-refractivity contribution in [3.63, 3.8) is 0 Å². The van der Waals surface area contributed by atoms with Gasteiger partial charge >= 0.3 is 0 Å². The summed E-state index contributed by atoms with van der Waals surface area (Å²) >= 11 is 0. The summed E-state index contributed by atoms with van der Waals surface area (Å²) in [7, 11) is -3.54. The molecule has 1 rings (SSSR count). The molecular weight excluding hydrogens is 326 g/mol. The summed E-state index contributed by atoms with van der Waals surface area (Å²) in [6, 6.07) is 8.38. The van der Waals surface area contributed by atoms with E-state index in [1.54, 1.807) is 23.1 Å². The summed E-state index contributed by atoms with van der Waals surface area (Å²) in [5.74, 6) is -0.0520. The fourth-order valence-corrected chi connectivity index (χ4v) is 3.39. The molecule has 1 aromatic carbocycles. The average Bonchev–Trinajstić information content (AvgIpc) is 2.53. The molecule has 0 aliphatic rings. The minimum atomic E-state index is -3.54. The molecule has 7 heteroatoms. The summed E-state index contributed by atoms with van der Waals surface area (Å²) in [6.45, 7) is 5.43. The maximum Gasteiger partial charge on any atom is 0.232 e. The maximum atomic E-state index is 12.4. The van der Waals surface area contributed by atoms with E-state index in [-0.39, 0.29) is 18.9 Å². The predicted octanol–water partition coefficient (Wildman–Crippen LogP) is 2.36. The van der Waals surface area contributed by atoms with E-state index in [4.69, 9.17) is 5.26 Å². The van der Waals surface area contributed by atoms with Gasteiger partial charge in [-0.3, -0.25) is 9.10 Å². The van der Waals surface area contributed by atoms with Crippen LogP contribution >= 0.6 is 0 Å². The first-order chi connectivity index (χ1) is 11.3. The molecule has 0 fully saturated rings. The van der Waals surface area contributed by atoms with E-state index in [2.05, 4.69) is 0 Å². The van der Waals surface area contributed by atoms with Gasteiger partial charge in [-0.2, -0.15) is 5.26 Å². The number of nitrogens with zero attached hydrogens (tertiary/aromatic N) is 3. The van der Waals surface area contributed by atoms with Gasteiger partial charge in [-0.25, -0.2) is 8.42 Å². The Kier molecular flexibility index (Phi) is 7.72. The molecule has 0 aliphatic heterocycles. The van der Waals surface area contributed by atoms with Crippen LogP contribution in [0.15, 0.2) is 24.3 Å². The van der Waals surface area contributed by atoms with Crippen LogP contribution in [0.5, 0.6) is 0 Å². The lowest BCUT2D eigenvalue weighted by atomic mass is 10.2. The monoisotopic (exact) mass is 351 g/mol. The Balaban J connectivity index is 2.92. The first kappa shape index (κ1) is 20.0. The van der Waals surface area contributed by atoms with Crippen LogP contribution in [0.1, 0.15) is 38.7 Å². The lowest BCUT2D eigenvalue weighted by Crippen LogP contribution is -2.37. The molecule has 0 unspecified atom stereocenters. The van der Waals surface area contributed by atoms with Gasteiger partial charge in [0.15, 0.2) is 0 Å². The topological polar surface area (TPSA) is 81.5 Å². The van der Waals surface area contributed by atoms with Crippen molar-refractivity contribution in [1.82, 2.24) is 4.90 Å². The number of hydrogen-bond acceptors (Lipinski definition) is 4. The third kappa shape index (κ3) is 5.85. The largest absolute Gasteiger partial charge is 0.343 e. The van der Waals surface area contributed by atoms with Crippen LogP contribution in [0.25, 0.3) is 0 Å². The number of carbonyl (C=O) groups excluding carboxylic acids is 1. The maximum absolute atomic E-state index is 12.4. The highest BCUT2D eigenvalue weighted by atomic mass is 32.2. The zero-order valence-electron chi connectivity index (χ0n) is 14.5. The number of sulfonamides is 1. The molecule has 0 aromatic heterocycles. The van der Waals surface area contributed by atoms with E-state index in [0.717, 1.165) is 19.1 Å². The molecule has 132 valence electrons. The van der Waals surface area contributed by atoms with Crippen molar-refractivity contribution in [1.29, 1.82) is 5.26 Å². The number of carbonyl (C=O) groups is 1. The van der Waals surface area contributed by atoms with Crippen molar-refractivity contribution < 1.29 is 13.2 Å². The molecule has 0 heterocycles. The van der Waals surface area contributed by atoms with E-state index < -0.39 is 10.0 Å². The normalized spacial score (nSPS) is 10.9. The number of hydrogen-bond donors (Lipinski definition) is 0. The standard InChI is InChI=1S/C17H25N3O3S/c1-4-10-19(11-5-2)17(21)9-12-20(24(3,22)23)16-8-6-7-15(13-16)14-18/h6-8,13H,4-5,9-12H2,1-3H3. The van der Waals surface area contributed by atoms with Crippen molar-refractivity contribution >= 4 is 21.6 Å². The Morgan fingerprint density at radius 2 is 1.79 bits per heavy atom. The third-order valence-corrected chi connectivity index (χ3v) is 4.73. The van der Waals surface area contributed by atoms with E-state index >= 15 is 0 Å². The van der Waals surface area contributed by atoms with E-state index in [1.165, 1.54) is 10.4 Å². The van der Waals surface area contributed by atoms with Crippen molar-refractivity contribution in [2.45, 2.75) is 33.1 Å². The van der Waals surface area contributed by atoms with Crippen molar-refractivity contribution in [2.24, 2.45) is 0 Å². The Morgan fingerprint density at radius 1 is 1.17 bits per heavy atom. The molecule has 0 bridgehead atoms. The summed E-state index contributed by atoms with van der Waals surface area (Å²) < 4.78 is 25.3. The number of anilines is 1. The van der Waals surface area contributed by atoms with Gasteiger partial charge in [0, 0.05) is 26.1 Å². The van der Waals surface area contributed by atoms with E-state index in [9.17, 15) is 13.2 Å². The van der Waals surface area contributed by atoms with Gasteiger partial charge in [0.05, 0.1) is 23.6 Å². The van der Waals surface area contributed by atoms with E-state index in [1.807, 2.05) is 19.9 Å². The molecular formula is C17H25N3O3S. The Hall–Kier alpha value is -2.07. The number of benzene rings is 1. The molecule has 0 radical (unpaired) electrons. The van der Waals surface area contributed by atoms with Crippen LogP contribution in [0.3, 0.4) is 0 Å². The highest BCUT2D eigenvalue weighted by molar-refractivity contribution is 7.92. The lowest BCUT2D eigenvalue weighted by molar-refractivity contribution is -0.131. The van der Waals surface area contributed by atoms with Crippen LogP contribution < -0.4 is 4.31 Å². The molecule has 0 saturated heterocycles. The molecule has 1 aromatic rings. The molecule has 24 heavy (non-hydrogen) atoms. The van der Waals surface area contributed by atoms with Crippen molar-refractivity contribution in [2.75, 3.05) is 30.2 Å². The van der Waals surface area contributed by atoms with Crippen LogP contribution in [-0.4, -0.2) is 45.1 Å².